The lowest BCUT2D eigenvalue weighted by atomic mass is 10.1. The number of carbonyl (C=O) groups excluding carboxylic acids is 1. The van der Waals surface area contributed by atoms with Crippen LogP contribution in [0.3, 0.4) is 0 Å². The molecule has 5 heteroatoms. The molecular formula is C15H23N3O2. The summed E-state index contributed by atoms with van der Waals surface area (Å²) in [7, 11) is 0. The number of amides is 1. The number of nitrogens with zero attached hydrogens (tertiary/aromatic N) is 1. The molecule has 1 aromatic carbocycles. The summed E-state index contributed by atoms with van der Waals surface area (Å²) in [5.74, 6) is -0.381. The first kappa shape index (κ1) is 15.0. The van der Waals surface area contributed by atoms with Gasteiger partial charge in [0.1, 0.15) is 0 Å². The van der Waals surface area contributed by atoms with Crippen LogP contribution in [0.1, 0.15) is 22.8 Å². The summed E-state index contributed by atoms with van der Waals surface area (Å²) in [6.07, 6.45) is 0.212. The molecule has 5 nitrogen and oxygen atoms in total. The molecule has 1 aromatic rings. The summed E-state index contributed by atoms with van der Waals surface area (Å²) in [5, 5.41) is 3.35. The van der Waals surface area contributed by atoms with E-state index in [2.05, 4.69) is 17.1 Å². The Hall–Kier alpha value is -1.43. The van der Waals surface area contributed by atoms with E-state index < -0.39 is 0 Å². The molecule has 110 valence electrons. The summed E-state index contributed by atoms with van der Waals surface area (Å²) >= 11 is 0. The highest BCUT2D eigenvalue weighted by molar-refractivity contribution is 5.94. The van der Waals surface area contributed by atoms with Crippen LogP contribution in [0.4, 0.5) is 0 Å². The molecule has 0 aromatic heterocycles. The van der Waals surface area contributed by atoms with Gasteiger partial charge in [-0.25, -0.2) is 0 Å². The second kappa shape index (κ2) is 7.38. The van der Waals surface area contributed by atoms with Crippen LogP contribution < -0.4 is 11.1 Å². The Morgan fingerprint density at radius 1 is 1.50 bits per heavy atom. The number of likely N-dealkylation sites (N-methyl/N-ethyl adjacent to an activating group) is 1. The van der Waals surface area contributed by atoms with Crippen LogP contribution >= 0.6 is 0 Å². The maximum atomic E-state index is 11.3. The van der Waals surface area contributed by atoms with E-state index in [9.17, 15) is 4.79 Å². The van der Waals surface area contributed by atoms with Crippen LogP contribution in [-0.2, 0) is 11.3 Å². The third-order valence-corrected chi connectivity index (χ3v) is 3.64. The topological polar surface area (TPSA) is 67.6 Å². The van der Waals surface area contributed by atoms with Gasteiger partial charge in [0.25, 0.3) is 0 Å². The maximum absolute atomic E-state index is 11.3. The molecule has 0 spiro atoms. The van der Waals surface area contributed by atoms with Gasteiger partial charge in [-0.05, 0) is 18.2 Å². The average Bonchev–Trinajstić information content (AvgIpc) is 2.48. The highest BCUT2D eigenvalue weighted by Crippen LogP contribution is 2.08. The number of nitrogens with two attached hydrogens (primary N) is 1. The van der Waals surface area contributed by atoms with Crippen molar-refractivity contribution < 1.29 is 9.53 Å². The van der Waals surface area contributed by atoms with Gasteiger partial charge in [0.15, 0.2) is 0 Å². The van der Waals surface area contributed by atoms with E-state index in [0.29, 0.717) is 12.1 Å². The number of benzene rings is 1. The predicted octanol–water partition coefficient (Wildman–Crippen LogP) is 0.596. The molecule has 1 fully saturated rings. The first-order valence-electron chi connectivity index (χ1n) is 7.13. The van der Waals surface area contributed by atoms with E-state index in [1.165, 1.54) is 0 Å². The van der Waals surface area contributed by atoms with Crippen molar-refractivity contribution in [3.63, 3.8) is 0 Å². The molecule has 1 amide bonds. The van der Waals surface area contributed by atoms with Gasteiger partial charge in [-0.3, -0.25) is 9.69 Å². The van der Waals surface area contributed by atoms with Crippen molar-refractivity contribution in [1.82, 2.24) is 10.2 Å². The van der Waals surface area contributed by atoms with Crippen molar-refractivity contribution in [3.8, 4) is 0 Å². The van der Waals surface area contributed by atoms with Gasteiger partial charge in [0, 0.05) is 31.7 Å². The van der Waals surface area contributed by atoms with Gasteiger partial charge in [0.2, 0.25) is 5.91 Å². The normalized spacial score (nSPS) is 19.9. The zero-order valence-corrected chi connectivity index (χ0v) is 12.0. The van der Waals surface area contributed by atoms with Gasteiger partial charge in [0.05, 0.1) is 12.7 Å². The molecule has 0 radical (unpaired) electrons. The van der Waals surface area contributed by atoms with Gasteiger partial charge in [-0.15, -0.1) is 0 Å². The standard InChI is InChI=1S/C15H23N3O2/c1-2-18-7-8-20-13(11-18)10-17-9-12-5-3-4-6-14(12)15(16)19/h3-6,13,17H,2,7-11H2,1H3,(H2,16,19). The van der Waals surface area contributed by atoms with Gasteiger partial charge < -0.3 is 15.8 Å². The van der Waals surface area contributed by atoms with Crippen molar-refractivity contribution in [2.24, 2.45) is 5.73 Å². The first-order valence-corrected chi connectivity index (χ1v) is 7.13. The van der Waals surface area contributed by atoms with E-state index >= 15 is 0 Å². The zero-order valence-electron chi connectivity index (χ0n) is 12.0. The lowest BCUT2D eigenvalue weighted by molar-refractivity contribution is -0.0253. The Kier molecular flexibility index (Phi) is 5.52. The smallest absolute Gasteiger partial charge is 0.249 e. The number of rotatable bonds is 6. The summed E-state index contributed by atoms with van der Waals surface area (Å²) in [6.45, 7) is 7.40. The molecule has 1 aliphatic heterocycles. The summed E-state index contributed by atoms with van der Waals surface area (Å²) in [6, 6.07) is 7.43. The van der Waals surface area contributed by atoms with Crippen LogP contribution in [0.25, 0.3) is 0 Å². The fraction of sp³-hybridized carbons (Fsp3) is 0.533. The quantitative estimate of drug-likeness (QED) is 0.799. The molecule has 3 N–H and O–H groups in total. The molecule has 0 bridgehead atoms. The van der Waals surface area contributed by atoms with Gasteiger partial charge >= 0.3 is 0 Å². The van der Waals surface area contributed by atoms with Crippen molar-refractivity contribution in [3.05, 3.63) is 35.4 Å². The molecule has 0 saturated carbocycles. The van der Waals surface area contributed by atoms with Crippen LogP contribution in [0, 0.1) is 0 Å². The average molecular weight is 277 g/mol. The highest BCUT2D eigenvalue weighted by atomic mass is 16.5. The SMILES string of the molecule is CCN1CCOC(CNCc2ccccc2C(N)=O)C1. The Bertz CT molecular complexity index is 450. The van der Waals surface area contributed by atoms with Crippen molar-refractivity contribution >= 4 is 5.91 Å². The molecule has 1 unspecified atom stereocenters. The molecule has 2 rings (SSSR count). The first-order chi connectivity index (χ1) is 9.70. The monoisotopic (exact) mass is 277 g/mol. The van der Waals surface area contributed by atoms with Crippen molar-refractivity contribution in [2.45, 2.75) is 19.6 Å². The minimum Gasteiger partial charge on any atom is -0.374 e. The maximum Gasteiger partial charge on any atom is 0.249 e. The van der Waals surface area contributed by atoms with Crippen LogP contribution in [0.2, 0.25) is 0 Å². The lowest BCUT2D eigenvalue weighted by Crippen LogP contribution is -2.46. The molecule has 1 saturated heterocycles. The van der Waals surface area contributed by atoms with Crippen molar-refractivity contribution in [2.75, 3.05) is 32.8 Å². The fourth-order valence-corrected chi connectivity index (χ4v) is 2.47. The van der Waals surface area contributed by atoms with E-state index in [-0.39, 0.29) is 12.0 Å². The number of hydrogen-bond acceptors (Lipinski definition) is 4. The number of carbonyl (C=O) groups is 1. The molecule has 1 atom stereocenters. The zero-order chi connectivity index (χ0) is 14.4. The van der Waals surface area contributed by atoms with Crippen LogP contribution in [-0.4, -0.2) is 49.7 Å². The van der Waals surface area contributed by atoms with Gasteiger partial charge in [-0.2, -0.15) is 0 Å². The Balaban J connectivity index is 1.82. The van der Waals surface area contributed by atoms with Crippen molar-refractivity contribution in [1.29, 1.82) is 0 Å². The third-order valence-electron chi connectivity index (χ3n) is 3.64. The number of hydrogen-bond donors (Lipinski definition) is 2. The largest absolute Gasteiger partial charge is 0.374 e. The molecule has 1 heterocycles. The lowest BCUT2D eigenvalue weighted by Gasteiger charge is -2.32. The fourth-order valence-electron chi connectivity index (χ4n) is 2.47. The molecule has 20 heavy (non-hydrogen) atoms. The van der Waals surface area contributed by atoms with E-state index in [4.69, 9.17) is 10.5 Å². The second-order valence-corrected chi connectivity index (χ2v) is 5.04. The van der Waals surface area contributed by atoms with Crippen LogP contribution in [0.5, 0.6) is 0 Å². The third kappa shape index (κ3) is 4.03. The number of morpholine rings is 1. The Morgan fingerprint density at radius 3 is 3.05 bits per heavy atom. The molecule has 0 aliphatic carbocycles. The number of nitrogens with one attached hydrogen (secondary N) is 1. The highest BCUT2D eigenvalue weighted by Gasteiger charge is 2.18. The van der Waals surface area contributed by atoms with E-state index in [0.717, 1.165) is 38.3 Å². The Labute approximate surface area is 120 Å². The number of ether oxygens (including phenoxy) is 1. The minimum atomic E-state index is -0.381. The molecular weight excluding hydrogens is 254 g/mol. The predicted molar refractivity (Wildman–Crippen MR) is 78.5 cm³/mol. The molecule has 1 aliphatic rings. The van der Waals surface area contributed by atoms with Crippen LogP contribution in [0.15, 0.2) is 24.3 Å². The number of primary amides is 1. The van der Waals surface area contributed by atoms with E-state index in [1.807, 2.05) is 18.2 Å². The van der Waals surface area contributed by atoms with Gasteiger partial charge in [-0.1, -0.05) is 25.1 Å². The second-order valence-electron chi connectivity index (χ2n) is 5.04. The summed E-state index contributed by atoms with van der Waals surface area (Å²) < 4.78 is 5.73. The summed E-state index contributed by atoms with van der Waals surface area (Å²) in [5.41, 5.74) is 6.88. The van der Waals surface area contributed by atoms with E-state index in [1.54, 1.807) is 6.07 Å². The summed E-state index contributed by atoms with van der Waals surface area (Å²) in [4.78, 5) is 13.7. The minimum absolute atomic E-state index is 0.212. The Morgan fingerprint density at radius 2 is 2.30 bits per heavy atom.